The predicted octanol–water partition coefficient (Wildman–Crippen LogP) is -0.169. The van der Waals surface area contributed by atoms with Crippen LogP contribution in [-0.2, 0) is 22.7 Å². The molecule has 1 aromatic carbocycles. The highest BCUT2D eigenvalue weighted by molar-refractivity contribution is 6.05. The number of fused-ring (bicyclic) bond motifs is 1. The van der Waals surface area contributed by atoms with Crippen LogP contribution in [0, 0.1) is 0 Å². The van der Waals surface area contributed by atoms with E-state index >= 15 is 0 Å². The maximum absolute atomic E-state index is 12.9. The van der Waals surface area contributed by atoms with Gasteiger partial charge in [-0.2, -0.15) is 0 Å². The third kappa shape index (κ3) is 3.80. The molecule has 2 fully saturated rings. The van der Waals surface area contributed by atoms with Gasteiger partial charge in [0, 0.05) is 43.7 Å². The van der Waals surface area contributed by atoms with Crippen molar-refractivity contribution in [3.05, 3.63) is 34.9 Å². The average Bonchev–Trinajstić information content (AvgIpc) is 2.96. The lowest BCUT2D eigenvalue weighted by atomic mass is 9.87. The summed E-state index contributed by atoms with van der Waals surface area (Å²) in [5, 5.41) is 9.18. The molecule has 8 nitrogen and oxygen atoms in total. The second kappa shape index (κ2) is 7.85. The number of amides is 3. The molecule has 0 radical (unpaired) electrons. The quantitative estimate of drug-likeness (QED) is 0.436. The van der Waals surface area contributed by atoms with Gasteiger partial charge in [-0.25, -0.2) is 0 Å². The fourth-order valence-electron chi connectivity index (χ4n) is 4.40. The van der Waals surface area contributed by atoms with Crippen LogP contribution < -0.4 is 16.0 Å². The highest BCUT2D eigenvalue weighted by atomic mass is 16.2. The zero-order chi connectivity index (χ0) is 20.6. The second-order valence-corrected chi connectivity index (χ2v) is 8.54. The predicted molar refractivity (Wildman–Crippen MR) is 108 cm³/mol. The van der Waals surface area contributed by atoms with Crippen molar-refractivity contribution in [2.24, 2.45) is 0 Å². The Labute approximate surface area is 171 Å². The van der Waals surface area contributed by atoms with Crippen LogP contribution in [0.5, 0.6) is 0 Å². The van der Waals surface area contributed by atoms with E-state index in [0.717, 1.165) is 37.2 Å². The first-order valence-electron chi connectivity index (χ1n) is 10.2. The average molecular weight is 399 g/mol. The molecule has 0 aliphatic carbocycles. The summed E-state index contributed by atoms with van der Waals surface area (Å²) in [6.45, 7) is 4.08. The van der Waals surface area contributed by atoms with Crippen molar-refractivity contribution in [2.75, 3.05) is 33.7 Å². The third-order valence-electron chi connectivity index (χ3n) is 6.55. The summed E-state index contributed by atoms with van der Waals surface area (Å²) in [6.07, 6.45) is 1.73. The van der Waals surface area contributed by atoms with Crippen LogP contribution in [0.15, 0.2) is 18.2 Å². The Kier molecular flexibility index (Phi) is 5.42. The Morgan fingerprint density at radius 2 is 2.03 bits per heavy atom. The fraction of sp³-hybridized carbons (Fsp3) is 0.571. The molecule has 1 atom stereocenters. The zero-order valence-corrected chi connectivity index (χ0v) is 17.1. The Hall–Kier alpha value is -2.29. The van der Waals surface area contributed by atoms with Crippen LogP contribution in [0.2, 0.25) is 0 Å². The van der Waals surface area contributed by atoms with E-state index in [4.69, 9.17) is 0 Å². The van der Waals surface area contributed by atoms with Crippen molar-refractivity contribution in [1.82, 2.24) is 25.8 Å². The summed E-state index contributed by atoms with van der Waals surface area (Å²) < 4.78 is 0. The molecular formula is C21H29N5O3. The van der Waals surface area contributed by atoms with Crippen LogP contribution in [0.25, 0.3) is 0 Å². The molecular weight excluding hydrogens is 370 g/mol. The molecule has 0 spiro atoms. The molecule has 1 unspecified atom stereocenters. The maximum Gasteiger partial charge on any atom is 0.255 e. The molecule has 29 heavy (non-hydrogen) atoms. The van der Waals surface area contributed by atoms with Gasteiger partial charge in [-0.1, -0.05) is 12.1 Å². The number of nitrogens with zero attached hydrogens (tertiary/aromatic N) is 2. The van der Waals surface area contributed by atoms with Crippen molar-refractivity contribution in [2.45, 2.75) is 43.9 Å². The van der Waals surface area contributed by atoms with Crippen LogP contribution in [0.3, 0.4) is 0 Å². The smallest absolute Gasteiger partial charge is 0.255 e. The lowest BCUT2D eigenvalue weighted by Gasteiger charge is -2.48. The van der Waals surface area contributed by atoms with Crippen molar-refractivity contribution in [1.29, 1.82) is 0 Å². The lowest BCUT2D eigenvalue weighted by molar-refractivity contribution is -0.136. The van der Waals surface area contributed by atoms with E-state index in [9.17, 15) is 14.4 Å². The van der Waals surface area contributed by atoms with E-state index in [2.05, 4.69) is 34.9 Å². The topological polar surface area (TPSA) is 93.8 Å². The van der Waals surface area contributed by atoms with E-state index in [1.54, 1.807) is 4.90 Å². The minimum atomic E-state index is -0.563. The maximum atomic E-state index is 12.9. The van der Waals surface area contributed by atoms with Crippen LogP contribution in [-0.4, -0.2) is 72.8 Å². The first-order valence-corrected chi connectivity index (χ1v) is 10.2. The van der Waals surface area contributed by atoms with Gasteiger partial charge in [-0.3, -0.25) is 19.7 Å². The number of carbonyl (C=O) groups excluding carboxylic acids is 3. The molecule has 3 amide bonds. The van der Waals surface area contributed by atoms with Gasteiger partial charge in [0.15, 0.2) is 0 Å². The van der Waals surface area contributed by atoms with E-state index < -0.39 is 6.04 Å². The van der Waals surface area contributed by atoms with Gasteiger partial charge in [0.1, 0.15) is 6.04 Å². The second-order valence-electron chi connectivity index (χ2n) is 8.54. The van der Waals surface area contributed by atoms with Gasteiger partial charge in [-0.15, -0.1) is 0 Å². The Morgan fingerprint density at radius 1 is 1.24 bits per heavy atom. The van der Waals surface area contributed by atoms with Crippen molar-refractivity contribution >= 4 is 17.7 Å². The molecule has 3 N–H and O–H groups in total. The summed E-state index contributed by atoms with van der Waals surface area (Å²) in [5.41, 5.74) is 2.91. The van der Waals surface area contributed by atoms with Gasteiger partial charge in [0.05, 0.1) is 0 Å². The first kappa shape index (κ1) is 20.0. The van der Waals surface area contributed by atoms with E-state index in [1.165, 1.54) is 0 Å². The number of rotatable bonds is 7. The Balaban J connectivity index is 1.34. The molecule has 3 aliphatic rings. The Bertz CT molecular complexity index is 834. The number of imide groups is 1. The molecule has 2 saturated heterocycles. The molecule has 4 rings (SSSR count). The molecule has 156 valence electrons. The number of hydrogen-bond donors (Lipinski definition) is 3. The molecule has 0 aromatic heterocycles. The highest BCUT2D eigenvalue weighted by Crippen LogP contribution is 2.28. The van der Waals surface area contributed by atoms with E-state index in [0.29, 0.717) is 25.1 Å². The van der Waals surface area contributed by atoms with Crippen LogP contribution >= 0.6 is 0 Å². The molecule has 3 heterocycles. The summed E-state index contributed by atoms with van der Waals surface area (Å²) in [6, 6.07) is 5.39. The van der Waals surface area contributed by atoms with Gasteiger partial charge in [0.2, 0.25) is 11.8 Å². The molecule has 0 saturated carbocycles. The molecule has 0 bridgehead atoms. The largest absolute Gasteiger partial charge is 0.322 e. The SMILES string of the molecule is CN(C)C1(CCNCc2ccc3c(c2)C(=O)N(C2CCC(=O)NC2=O)C3)CNC1. The zero-order valence-electron chi connectivity index (χ0n) is 17.1. The van der Waals surface area contributed by atoms with Crippen LogP contribution in [0.4, 0.5) is 0 Å². The summed E-state index contributed by atoms with van der Waals surface area (Å²) >= 11 is 0. The van der Waals surface area contributed by atoms with Crippen molar-refractivity contribution in [3.63, 3.8) is 0 Å². The van der Waals surface area contributed by atoms with Gasteiger partial charge < -0.3 is 20.4 Å². The summed E-state index contributed by atoms with van der Waals surface area (Å²) in [5.74, 6) is -0.759. The third-order valence-corrected chi connectivity index (χ3v) is 6.55. The summed E-state index contributed by atoms with van der Waals surface area (Å²) in [4.78, 5) is 40.3. The van der Waals surface area contributed by atoms with Gasteiger partial charge in [0.25, 0.3) is 5.91 Å². The standard InChI is InChI=1S/C21H29N5O3/c1-25(2)21(12-23-13-21)7-8-22-10-14-3-4-15-11-26(20(29)16(15)9-14)17-5-6-18(27)24-19(17)28/h3-4,9,17,22-23H,5-8,10-13H2,1-2H3,(H,24,27,28). The van der Waals surface area contributed by atoms with Crippen LogP contribution in [0.1, 0.15) is 40.7 Å². The number of carbonyl (C=O) groups is 3. The summed E-state index contributed by atoms with van der Waals surface area (Å²) in [7, 11) is 4.25. The highest BCUT2D eigenvalue weighted by Gasteiger charge is 2.39. The minimum Gasteiger partial charge on any atom is -0.322 e. The number of likely N-dealkylation sites (N-methyl/N-ethyl adjacent to an activating group) is 1. The lowest BCUT2D eigenvalue weighted by Crippen LogP contribution is -2.67. The monoisotopic (exact) mass is 399 g/mol. The number of piperidine rings is 1. The van der Waals surface area contributed by atoms with Gasteiger partial charge in [-0.05, 0) is 50.7 Å². The molecule has 8 heteroatoms. The minimum absolute atomic E-state index is 0.122. The van der Waals surface area contributed by atoms with E-state index in [1.807, 2.05) is 18.2 Å². The van der Waals surface area contributed by atoms with Crippen molar-refractivity contribution < 1.29 is 14.4 Å². The number of benzene rings is 1. The Morgan fingerprint density at radius 3 is 2.69 bits per heavy atom. The first-order chi connectivity index (χ1) is 13.9. The number of nitrogens with one attached hydrogen (secondary N) is 3. The number of hydrogen-bond acceptors (Lipinski definition) is 6. The van der Waals surface area contributed by atoms with E-state index in [-0.39, 0.29) is 29.7 Å². The van der Waals surface area contributed by atoms with Crippen molar-refractivity contribution in [3.8, 4) is 0 Å². The molecule has 1 aromatic rings. The normalized spacial score (nSPS) is 23.2. The fourth-order valence-corrected chi connectivity index (χ4v) is 4.40. The van der Waals surface area contributed by atoms with Gasteiger partial charge >= 0.3 is 0 Å². The molecule has 3 aliphatic heterocycles.